The number of hydrogen-bond donors (Lipinski definition) is 0. The fraction of sp³-hybridized carbons (Fsp3) is 0.357. The lowest BCUT2D eigenvalue weighted by molar-refractivity contribution is -0.131. The SMILES string of the molecule is O=C(Cc1ccsc1)N1CCN(S(=O)(=O)c2ccc(Cl)s2)CC1. The smallest absolute Gasteiger partial charge is 0.252 e. The minimum atomic E-state index is -3.51. The van der Waals surface area contributed by atoms with Crippen LogP contribution in [0.1, 0.15) is 5.56 Å². The molecule has 1 amide bonds. The van der Waals surface area contributed by atoms with E-state index in [9.17, 15) is 13.2 Å². The molecule has 0 unspecified atom stereocenters. The summed E-state index contributed by atoms with van der Waals surface area (Å²) >= 11 is 8.44. The van der Waals surface area contributed by atoms with Gasteiger partial charge >= 0.3 is 0 Å². The summed E-state index contributed by atoms with van der Waals surface area (Å²) in [5.74, 6) is 0.0413. The fourth-order valence-electron chi connectivity index (χ4n) is 2.42. The van der Waals surface area contributed by atoms with Crippen molar-refractivity contribution in [3.63, 3.8) is 0 Å². The van der Waals surface area contributed by atoms with Gasteiger partial charge in [0, 0.05) is 26.2 Å². The maximum atomic E-state index is 12.5. The normalized spacial score (nSPS) is 16.7. The summed E-state index contributed by atoms with van der Waals surface area (Å²) in [6.07, 6.45) is 0.372. The number of rotatable bonds is 4. The van der Waals surface area contributed by atoms with Crippen molar-refractivity contribution in [2.24, 2.45) is 0 Å². The van der Waals surface area contributed by atoms with Crippen LogP contribution in [0.4, 0.5) is 0 Å². The molecule has 124 valence electrons. The average molecular weight is 391 g/mol. The zero-order valence-electron chi connectivity index (χ0n) is 12.1. The summed E-state index contributed by atoms with van der Waals surface area (Å²) in [6, 6.07) is 5.04. The van der Waals surface area contributed by atoms with Crippen molar-refractivity contribution in [1.29, 1.82) is 0 Å². The van der Waals surface area contributed by atoms with Crippen LogP contribution in [-0.4, -0.2) is 49.7 Å². The van der Waals surface area contributed by atoms with Gasteiger partial charge < -0.3 is 4.90 Å². The quantitative estimate of drug-likeness (QED) is 0.806. The Morgan fingerprint density at radius 3 is 2.48 bits per heavy atom. The molecule has 0 spiro atoms. The molecule has 0 radical (unpaired) electrons. The Balaban J connectivity index is 1.61. The highest BCUT2D eigenvalue weighted by Gasteiger charge is 2.31. The van der Waals surface area contributed by atoms with Crippen LogP contribution in [0.3, 0.4) is 0 Å². The number of amides is 1. The molecule has 2 aromatic heterocycles. The van der Waals surface area contributed by atoms with Gasteiger partial charge in [-0.25, -0.2) is 8.42 Å². The fourth-order valence-corrected chi connectivity index (χ4v) is 6.15. The summed E-state index contributed by atoms with van der Waals surface area (Å²) in [6.45, 7) is 1.46. The number of nitrogens with zero attached hydrogens (tertiary/aromatic N) is 2. The maximum absolute atomic E-state index is 12.5. The van der Waals surface area contributed by atoms with E-state index in [0.29, 0.717) is 36.9 Å². The predicted molar refractivity (Wildman–Crippen MR) is 92.7 cm³/mol. The van der Waals surface area contributed by atoms with Crippen LogP contribution >= 0.6 is 34.3 Å². The Morgan fingerprint density at radius 2 is 1.91 bits per heavy atom. The molecular weight excluding hydrogens is 376 g/mol. The number of carbonyl (C=O) groups excluding carboxylic acids is 1. The number of hydrogen-bond acceptors (Lipinski definition) is 5. The number of halogens is 1. The van der Waals surface area contributed by atoms with Crippen molar-refractivity contribution in [3.05, 3.63) is 38.9 Å². The first-order valence-electron chi connectivity index (χ1n) is 7.01. The molecule has 9 heteroatoms. The van der Waals surface area contributed by atoms with E-state index in [4.69, 9.17) is 11.6 Å². The van der Waals surface area contributed by atoms with Crippen LogP contribution in [-0.2, 0) is 21.2 Å². The van der Waals surface area contributed by atoms with Crippen molar-refractivity contribution >= 4 is 50.2 Å². The molecule has 1 aliphatic heterocycles. The third-order valence-corrected chi connectivity index (χ3v) is 8.00. The summed E-state index contributed by atoms with van der Waals surface area (Å²) in [5.41, 5.74) is 1.00. The van der Waals surface area contributed by atoms with Gasteiger partial charge in [-0.2, -0.15) is 15.6 Å². The lowest BCUT2D eigenvalue weighted by Crippen LogP contribution is -2.50. The summed E-state index contributed by atoms with van der Waals surface area (Å²) in [5, 5.41) is 3.90. The zero-order chi connectivity index (χ0) is 16.4. The van der Waals surface area contributed by atoms with Crippen molar-refractivity contribution in [2.45, 2.75) is 10.6 Å². The highest BCUT2D eigenvalue weighted by molar-refractivity contribution is 7.91. The van der Waals surface area contributed by atoms with Gasteiger partial charge in [0.2, 0.25) is 5.91 Å². The van der Waals surface area contributed by atoms with Crippen LogP contribution in [0.15, 0.2) is 33.2 Å². The van der Waals surface area contributed by atoms with Gasteiger partial charge in [-0.15, -0.1) is 11.3 Å². The molecule has 3 rings (SSSR count). The molecular formula is C14H15ClN2O3S3. The van der Waals surface area contributed by atoms with E-state index < -0.39 is 10.0 Å². The predicted octanol–water partition coefficient (Wildman–Crippen LogP) is 2.54. The molecule has 2 aromatic rings. The molecule has 1 saturated heterocycles. The monoisotopic (exact) mass is 390 g/mol. The molecule has 0 saturated carbocycles. The first-order valence-corrected chi connectivity index (χ1v) is 10.6. The highest BCUT2D eigenvalue weighted by atomic mass is 35.5. The Morgan fingerprint density at radius 1 is 1.17 bits per heavy atom. The van der Waals surface area contributed by atoms with Crippen molar-refractivity contribution in [1.82, 2.24) is 9.21 Å². The second kappa shape index (κ2) is 6.90. The second-order valence-corrected chi connectivity index (χ2v) is 9.81. The molecule has 1 aliphatic rings. The van der Waals surface area contributed by atoms with E-state index in [2.05, 4.69) is 0 Å². The van der Waals surface area contributed by atoms with E-state index in [-0.39, 0.29) is 10.1 Å². The maximum Gasteiger partial charge on any atom is 0.252 e. The lowest BCUT2D eigenvalue weighted by Gasteiger charge is -2.33. The van der Waals surface area contributed by atoms with Crippen LogP contribution in [0.2, 0.25) is 4.34 Å². The number of sulfonamides is 1. The molecule has 0 aromatic carbocycles. The van der Waals surface area contributed by atoms with Crippen LogP contribution in [0.5, 0.6) is 0 Å². The lowest BCUT2D eigenvalue weighted by atomic mass is 10.2. The van der Waals surface area contributed by atoms with Gasteiger partial charge in [0.25, 0.3) is 10.0 Å². The first-order chi connectivity index (χ1) is 11.0. The van der Waals surface area contributed by atoms with Gasteiger partial charge in [0.15, 0.2) is 0 Å². The Bertz CT molecular complexity index is 778. The van der Waals surface area contributed by atoms with Crippen molar-refractivity contribution in [2.75, 3.05) is 26.2 Å². The van der Waals surface area contributed by atoms with Crippen molar-refractivity contribution in [3.8, 4) is 0 Å². The van der Waals surface area contributed by atoms with Gasteiger partial charge in [0.05, 0.1) is 10.8 Å². The molecule has 3 heterocycles. The molecule has 5 nitrogen and oxygen atoms in total. The Labute approximate surface area is 148 Å². The molecule has 0 bridgehead atoms. The van der Waals surface area contributed by atoms with Crippen LogP contribution in [0, 0.1) is 0 Å². The van der Waals surface area contributed by atoms with Gasteiger partial charge in [-0.05, 0) is 34.5 Å². The number of thiophene rings is 2. The summed E-state index contributed by atoms with van der Waals surface area (Å²) < 4.78 is 27.1. The topological polar surface area (TPSA) is 57.7 Å². The zero-order valence-corrected chi connectivity index (χ0v) is 15.3. The van der Waals surface area contributed by atoms with E-state index in [1.165, 1.54) is 10.4 Å². The minimum Gasteiger partial charge on any atom is -0.340 e. The largest absolute Gasteiger partial charge is 0.340 e. The molecule has 0 atom stereocenters. The molecule has 23 heavy (non-hydrogen) atoms. The van der Waals surface area contributed by atoms with E-state index >= 15 is 0 Å². The average Bonchev–Trinajstić information content (AvgIpc) is 3.19. The molecule has 0 aliphatic carbocycles. The minimum absolute atomic E-state index is 0.0413. The van der Waals surface area contributed by atoms with Gasteiger partial charge in [-0.3, -0.25) is 4.79 Å². The number of carbonyl (C=O) groups is 1. The van der Waals surface area contributed by atoms with E-state index in [0.717, 1.165) is 16.9 Å². The third-order valence-electron chi connectivity index (χ3n) is 3.67. The number of piperazine rings is 1. The summed E-state index contributed by atoms with van der Waals surface area (Å²) in [7, 11) is -3.51. The van der Waals surface area contributed by atoms with E-state index in [1.54, 1.807) is 22.3 Å². The van der Waals surface area contributed by atoms with Crippen molar-refractivity contribution < 1.29 is 13.2 Å². The Kier molecular flexibility index (Phi) is 5.07. The molecule has 1 fully saturated rings. The first kappa shape index (κ1) is 16.9. The Hall–Kier alpha value is -0.930. The van der Waals surface area contributed by atoms with Gasteiger partial charge in [-0.1, -0.05) is 11.6 Å². The summed E-state index contributed by atoms with van der Waals surface area (Å²) in [4.78, 5) is 14.0. The van der Waals surface area contributed by atoms with Crippen LogP contribution < -0.4 is 0 Å². The molecule has 0 N–H and O–H groups in total. The second-order valence-electron chi connectivity index (χ2n) is 5.15. The van der Waals surface area contributed by atoms with E-state index in [1.807, 2.05) is 16.8 Å². The standard InChI is InChI=1S/C14H15ClN2O3S3/c15-12-1-2-14(22-12)23(19,20)17-6-4-16(5-7-17)13(18)9-11-3-8-21-10-11/h1-3,8,10H,4-7,9H2. The van der Waals surface area contributed by atoms with Crippen LogP contribution in [0.25, 0.3) is 0 Å². The highest BCUT2D eigenvalue weighted by Crippen LogP contribution is 2.28. The van der Waals surface area contributed by atoms with Gasteiger partial charge in [0.1, 0.15) is 4.21 Å². The third kappa shape index (κ3) is 3.77.